The second-order valence-corrected chi connectivity index (χ2v) is 9.92. The summed E-state index contributed by atoms with van der Waals surface area (Å²) in [5.74, 6) is -3.98. The molecule has 1 saturated heterocycles. The maximum Gasteiger partial charge on any atom is 0.337 e. The van der Waals surface area contributed by atoms with E-state index in [2.05, 4.69) is 21.6 Å². The van der Waals surface area contributed by atoms with Crippen LogP contribution in [0.2, 0.25) is 0 Å². The number of benzene rings is 2. The smallest absolute Gasteiger partial charge is 0.337 e. The topological polar surface area (TPSA) is 126 Å². The maximum absolute atomic E-state index is 14.6. The molecule has 0 radical (unpaired) electrons. The van der Waals surface area contributed by atoms with Crippen molar-refractivity contribution in [3.8, 4) is 6.07 Å². The Morgan fingerprint density at radius 2 is 1.88 bits per heavy atom. The Morgan fingerprint density at radius 1 is 1.18 bits per heavy atom. The Hall–Kier alpha value is -4.30. The van der Waals surface area contributed by atoms with E-state index >= 15 is 0 Å². The lowest BCUT2D eigenvalue weighted by molar-refractivity contribution is -0.133. The van der Waals surface area contributed by atoms with E-state index in [1.54, 1.807) is 6.92 Å². The quantitative estimate of drug-likeness (QED) is 0.435. The van der Waals surface area contributed by atoms with Crippen LogP contribution in [0.4, 0.5) is 13.6 Å². The van der Waals surface area contributed by atoms with Crippen molar-refractivity contribution in [1.29, 1.82) is 5.26 Å². The van der Waals surface area contributed by atoms with Crippen molar-refractivity contribution in [3.63, 3.8) is 0 Å². The van der Waals surface area contributed by atoms with Gasteiger partial charge in [-0.15, -0.1) is 0 Å². The first-order valence-corrected chi connectivity index (χ1v) is 13.2. The average molecular weight is 552 g/mol. The maximum atomic E-state index is 14.6. The number of amides is 3. The molecule has 1 atom stereocenters. The van der Waals surface area contributed by atoms with Gasteiger partial charge in [0.25, 0.3) is 0 Å². The number of urea groups is 1. The number of carbonyl (C=O) groups is 3. The summed E-state index contributed by atoms with van der Waals surface area (Å²) < 4.78 is 28.1. The number of likely N-dealkylation sites (tertiary alicyclic amines) is 1. The molecule has 2 aliphatic rings. The summed E-state index contributed by atoms with van der Waals surface area (Å²) in [6, 6.07) is 12.6. The first-order chi connectivity index (χ1) is 19.2. The summed E-state index contributed by atoms with van der Waals surface area (Å²) in [7, 11) is 0. The number of hydrogen-bond donors (Lipinski definition) is 3. The molecule has 0 bridgehead atoms. The average Bonchev–Trinajstić information content (AvgIpc) is 2.95. The molecule has 210 valence electrons. The van der Waals surface area contributed by atoms with Crippen molar-refractivity contribution in [2.24, 2.45) is 0 Å². The number of nitrogens with one attached hydrogen (secondary N) is 2. The number of hydrogen-bond acceptors (Lipinski definition) is 5. The van der Waals surface area contributed by atoms with Gasteiger partial charge in [-0.3, -0.25) is 15.0 Å². The molecule has 2 aliphatic heterocycles. The van der Waals surface area contributed by atoms with Gasteiger partial charge in [-0.05, 0) is 50.5 Å². The minimum Gasteiger partial charge on any atom is -0.478 e. The van der Waals surface area contributed by atoms with E-state index in [4.69, 9.17) is 0 Å². The summed E-state index contributed by atoms with van der Waals surface area (Å²) >= 11 is 0. The van der Waals surface area contributed by atoms with Crippen LogP contribution in [-0.2, 0) is 15.0 Å². The second kappa shape index (κ2) is 12.3. The van der Waals surface area contributed by atoms with Crippen LogP contribution in [-0.4, -0.2) is 59.0 Å². The molecule has 0 aliphatic carbocycles. The lowest BCUT2D eigenvalue weighted by atomic mass is 9.74. The van der Waals surface area contributed by atoms with Gasteiger partial charge in [0, 0.05) is 24.6 Å². The number of piperidine rings is 1. The number of carboxylic acid groups (broad SMARTS) is 1. The molecule has 0 spiro atoms. The van der Waals surface area contributed by atoms with Gasteiger partial charge >= 0.3 is 12.0 Å². The van der Waals surface area contributed by atoms with Gasteiger partial charge in [0.05, 0.1) is 17.5 Å². The number of carboxylic acids is 1. The number of aliphatic carboxylic acids is 1. The van der Waals surface area contributed by atoms with Gasteiger partial charge in [-0.2, -0.15) is 5.26 Å². The largest absolute Gasteiger partial charge is 0.478 e. The van der Waals surface area contributed by atoms with Crippen LogP contribution in [0.25, 0.3) is 0 Å². The first kappa shape index (κ1) is 28.7. The molecule has 0 aromatic heterocycles. The van der Waals surface area contributed by atoms with E-state index in [0.717, 1.165) is 17.7 Å². The number of nitrogens with zero attached hydrogens (tertiary/aromatic N) is 3. The molecule has 4 rings (SSSR count). The SMILES string of the molecule is CCC(=O)N(CCCN1CCC(C#N)(c2ccccc2)CC1)C1=C(C(=O)O)C(c2ccc(F)cc2F)NC(=O)N1. The molecule has 2 heterocycles. The summed E-state index contributed by atoms with van der Waals surface area (Å²) in [6.45, 7) is 3.67. The second-order valence-electron chi connectivity index (χ2n) is 9.92. The van der Waals surface area contributed by atoms with E-state index in [-0.39, 0.29) is 24.4 Å². The Labute approximate surface area is 231 Å². The fourth-order valence-electron chi connectivity index (χ4n) is 5.34. The van der Waals surface area contributed by atoms with Crippen LogP contribution in [0.15, 0.2) is 59.9 Å². The zero-order valence-corrected chi connectivity index (χ0v) is 22.1. The van der Waals surface area contributed by atoms with Gasteiger partial charge in [-0.25, -0.2) is 18.4 Å². The van der Waals surface area contributed by atoms with Crippen molar-refractivity contribution in [1.82, 2.24) is 20.4 Å². The highest BCUT2D eigenvalue weighted by Gasteiger charge is 2.39. The normalized spacial score (nSPS) is 18.9. The predicted octanol–water partition coefficient (Wildman–Crippen LogP) is 3.80. The molecule has 11 heteroatoms. The van der Waals surface area contributed by atoms with Crippen molar-refractivity contribution >= 4 is 17.9 Å². The molecular formula is C29H31F2N5O4. The van der Waals surface area contributed by atoms with E-state index < -0.39 is 46.6 Å². The molecule has 0 saturated carbocycles. The number of nitriles is 1. The Morgan fingerprint density at radius 3 is 2.48 bits per heavy atom. The predicted molar refractivity (Wildman–Crippen MR) is 141 cm³/mol. The molecular weight excluding hydrogens is 520 g/mol. The highest BCUT2D eigenvalue weighted by Crippen LogP contribution is 2.35. The van der Waals surface area contributed by atoms with E-state index in [1.165, 1.54) is 4.90 Å². The zero-order valence-electron chi connectivity index (χ0n) is 22.1. The van der Waals surface area contributed by atoms with Crippen LogP contribution in [0.1, 0.15) is 49.8 Å². The highest BCUT2D eigenvalue weighted by molar-refractivity contribution is 5.95. The number of halogens is 2. The van der Waals surface area contributed by atoms with Crippen molar-refractivity contribution in [2.45, 2.75) is 44.1 Å². The fourth-order valence-corrected chi connectivity index (χ4v) is 5.34. The third kappa shape index (κ3) is 5.97. The molecule has 2 aromatic rings. The molecule has 2 aromatic carbocycles. The van der Waals surface area contributed by atoms with E-state index in [9.17, 15) is 33.5 Å². The summed E-state index contributed by atoms with van der Waals surface area (Å²) in [4.78, 5) is 41.2. The molecule has 9 nitrogen and oxygen atoms in total. The van der Waals surface area contributed by atoms with Crippen LogP contribution in [0.5, 0.6) is 0 Å². The van der Waals surface area contributed by atoms with Crippen LogP contribution in [0.3, 0.4) is 0 Å². The van der Waals surface area contributed by atoms with Gasteiger partial charge < -0.3 is 15.3 Å². The fraction of sp³-hybridized carbons (Fsp3) is 0.379. The van der Waals surface area contributed by atoms with Gasteiger partial charge in [0.15, 0.2) is 0 Å². The van der Waals surface area contributed by atoms with Gasteiger partial charge in [0.2, 0.25) is 5.91 Å². The molecule has 3 N–H and O–H groups in total. The van der Waals surface area contributed by atoms with Gasteiger partial charge in [0.1, 0.15) is 23.0 Å². The summed E-state index contributed by atoms with van der Waals surface area (Å²) in [5.41, 5.74) is -0.208. The van der Waals surface area contributed by atoms with Crippen molar-refractivity contribution in [3.05, 3.63) is 82.7 Å². The van der Waals surface area contributed by atoms with Crippen LogP contribution >= 0.6 is 0 Å². The molecule has 1 fully saturated rings. The molecule has 1 unspecified atom stereocenters. The van der Waals surface area contributed by atoms with Crippen LogP contribution in [0, 0.1) is 23.0 Å². The molecule has 40 heavy (non-hydrogen) atoms. The standard InChI is InChI=1S/C29H31F2N5O4/c1-2-23(37)36(14-6-13-35-15-11-29(18-32,12-16-35)19-7-4-3-5-8-19)26-24(27(38)39)25(33-28(40)34-26)21-10-9-20(30)17-22(21)31/h3-5,7-10,17,25H,2,6,11-16H2,1H3,(H,38,39)(H2,33,34,40). The molecule has 3 amide bonds. The third-order valence-electron chi connectivity index (χ3n) is 7.53. The summed E-state index contributed by atoms with van der Waals surface area (Å²) in [5, 5.41) is 24.8. The van der Waals surface area contributed by atoms with E-state index in [1.807, 2.05) is 30.3 Å². The zero-order chi connectivity index (χ0) is 28.9. The minimum atomic E-state index is -1.46. The minimum absolute atomic E-state index is 0.0424. The van der Waals surface area contributed by atoms with Crippen LogP contribution < -0.4 is 10.6 Å². The highest BCUT2D eigenvalue weighted by atomic mass is 19.1. The Kier molecular flexibility index (Phi) is 8.80. The van der Waals surface area contributed by atoms with Crippen molar-refractivity contribution in [2.75, 3.05) is 26.2 Å². The first-order valence-electron chi connectivity index (χ1n) is 13.2. The third-order valence-corrected chi connectivity index (χ3v) is 7.53. The monoisotopic (exact) mass is 551 g/mol. The summed E-state index contributed by atoms with van der Waals surface area (Å²) in [6.07, 6.45) is 1.82. The Bertz CT molecular complexity index is 1350. The van der Waals surface area contributed by atoms with E-state index in [0.29, 0.717) is 45.0 Å². The van der Waals surface area contributed by atoms with Gasteiger partial charge in [-0.1, -0.05) is 43.3 Å². The Balaban J connectivity index is 1.51. The number of rotatable bonds is 9. The lowest BCUT2D eigenvalue weighted by Gasteiger charge is -2.38. The number of carbonyl (C=O) groups excluding carboxylic acids is 2. The lowest BCUT2D eigenvalue weighted by Crippen LogP contribution is -2.52. The van der Waals surface area contributed by atoms with Crippen molar-refractivity contribution < 1.29 is 28.3 Å².